The third-order valence-corrected chi connectivity index (χ3v) is 3.89. The molecule has 2 atom stereocenters. The van der Waals surface area contributed by atoms with Crippen molar-refractivity contribution in [3.05, 3.63) is 28.7 Å². The summed E-state index contributed by atoms with van der Waals surface area (Å²) in [5.41, 5.74) is 0. The van der Waals surface area contributed by atoms with Crippen molar-refractivity contribution < 1.29 is 19.4 Å². The first kappa shape index (κ1) is 17.8. The SMILES string of the molecule is CSCC[C@H](NC(=O)C(C)Oc1ccc(Br)cc1)C(=O)O. The second-order valence-electron chi connectivity index (χ2n) is 4.39. The second kappa shape index (κ2) is 8.94. The molecular formula is C14H18BrNO4S. The summed E-state index contributed by atoms with van der Waals surface area (Å²) in [5, 5.41) is 11.6. The van der Waals surface area contributed by atoms with E-state index in [0.717, 1.165) is 4.47 Å². The predicted octanol–water partition coefficient (Wildman–Crippen LogP) is 2.54. The number of thioether (sulfide) groups is 1. The van der Waals surface area contributed by atoms with Gasteiger partial charge >= 0.3 is 5.97 Å². The molecular weight excluding hydrogens is 358 g/mol. The second-order valence-corrected chi connectivity index (χ2v) is 6.30. The number of carbonyl (C=O) groups is 2. The molecule has 1 aromatic rings. The number of amides is 1. The lowest BCUT2D eigenvalue weighted by Crippen LogP contribution is -2.46. The fourth-order valence-electron chi connectivity index (χ4n) is 1.55. The van der Waals surface area contributed by atoms with Crippen LogP contribution in [0.5, 0.6) is 5.75 Å². The molecule has 1 unspecified atom stereocenters. The van der Waals surface area contributed by atoms with Gasteiger partial charge in [0.15, 0.2) is 6.10 Å². The van der Waals surface area contributed by atoms with E-state index in [1.54, 1.807) is 31.2 Å². The summed E-state index contributed by atoms with van der Waals surface area (Å²) in [4.78, 5) is 23.1. The lowest BCUT2D eigenvalue weighted by Gasteiger charge is -2.18. The van der Waals surface area contributed by atoms with Crippen molar-refractivity contribution in [2.24, 2.45) is 0 Å². The van der Waals surface area contributed by atoms with Gasteiger partial charge in [0.25, 0.3) is 5.91 Å². The van der Waals surface area contributed by atoms with Crippen LogP contribution in [0.25, 0.3) is 0 Å². The lowest BCUT2D eigenvalue weighted by molar-refractivity contribution is -0.142. The van der Waals surface area contributed by atoms with Gasteiger partial charge in [-0.1, -0.05) is 15.9 Å². The van der Waals surface area contributed by atoms with Crippen LogP contribution in [0.4, 0.5) is 0 Å². The smallest absolute Gasteiger partial charge is 0.326 e. The molecule has 116 valence electrons. The van der Waals surface area contributed by atoms with E-state index in [1.165, 1.54) is 11.8 Å². The minimum Gasteiger partial charge on any atom is -0.481 e. The van der Waals surface area contributed by atoms with Crippen LogP contribution in [0.15, 0.2) is 28.7 Å². The maximum atomic E-state index is 12.0. The Morgan fingerprint density at radius 3 is 2.52 bits per heavy atom. The van der Waals surface area contributed by atoms with E-state index in [4.69, 9.17) is 9.84 Å². The number of carbonyl (C=O) groups excluding carboxylic acids is 1. The molecule has 21 heavy (non-hydrogen) atoms. The Morgan fingerprint density at radius 2 is 2.00 bits per heavy atom. The Kier molecular flexibility index (Phi) is 7.60. The van der Waals surface area contributed by atoms with Gasteiger partial charge in [-0.05, 0) is 49.6 Å². The summed E-state index contributed by atoms with van der Waals surface area (Å²) < 4.78 is 6.40. The van der Waals surface area contributed by atoms with Crippen LogP contribution in [0.3, 0.4) is 0 Å². The molecule has 5 nitrogen and oxygen atoms in total. The maximum absolute atomic E-state index is 12.0. The van der Waals surface area contributed by atoms with Gasteiger partial charge in [0.2, 0.25) is 0 Å². The Balaban J connectivity index is 2.56. The number of carboxylic acid groups (broad SMARTS) is 1. The minimum atomic E-state index is -1.03. The first-order valence-electron chi connectivity index (χ1n) is 6.38. The number of nitrogens with one attached hydrogen (secondary N) is 1. The highest BCUT2D eigenvalue weighted by Crippen LogP contribution is 2.17. The van der Waals surface area contributed by atoms with Crippen molar-refractivity contribution in [1.29, 1.82) is 0 Å². The normalized spacial score (nSPS) is 13.3. The summed E-state index contributed by atoms with van der Waals surface area (Å²) in [7, 11) is 0. The molecule has 2 N–H and O–H groups in total. The summed E-state index contributed by atoms with van der Waals surface area (Å²) in [6, 6.07) is 6.18. The lowest BCUT2D eigenvalue weighted by atomic mass is 10.2. The number of carboxylic acids is 1. The molecule has 0 saturated carbocycles. The van der Waals surface area contributed by atoms with Gasteiger partial charge < -0.3 is 15.2 Å². The molecule has 0 radical (unpaired) electrons. The number of rotatable bonds is 8. The number of aliphatic carboxylic acids is 1. The van der Waals surface area contributed by atoms with Gasteiger partial charge in [-0.3, -0.25) is 4.79 Å². The van der Waals surface area contributed by atoms with E-state index in [2.05, 4.69) is 21.2 Å². The molecule has 0 aliphatic rings. The molecule has 1 aromatic carbocycles. The van der Waals surface area contributed by atoms with E-state index < -0.39 is 24.0 Å². The van der Waals surface area contributed by atoms with Crippen LogP contribution in [-0.4, -0.2) is 41.1 Å². The summed E-state index contributed by atoms with van der Waals surface area (Å²) in [5.74, 6) is -0.254. The highest BCUT2D eigenvalue weighted by Gasteiger charge is 2.23. The third kappa shape index (κ3) is 6.39. The third-order valence-electron chi connectivity index (χ3n) is 2.72. The van der Waals surface area contributed by atoms with Gasteiger partial charge in [-0.25, -0.2) is 4.79 Å². The average molecular weight is 376 g/mol. The predicted molar refractivity (Wildman–Crippen MR) is 86.8 cm³/mol. The van der Waals surface area contributed by atoms with Gasteiger partial charge in [0.05, 0.1) is 0 Å². The Hall–Kier alpha value is -1.21. The van der Waals surface area contributed by atoms with Crippen molar-refractivity contribution in [2.75, 3.05) is 12.0 Å². The molecule has 0 aromatic heterocycles. The van der Waals surface area contributed by atoms with E-state index in [9.17, 15) is 9.59 Å². The van der Waals surface area contributed by atoms with Crippen molar-refractivity contribution >= 4 is 39.6 Å². The first-order chi connectivity index (χ1) is 9.93. The zero-order chi connectivity index (χ0) is 15.8. The van der Waals surface area contributed by atoms with Crippen LogP contribution < -0.4 is 10.1 Å². The summed E-state index contributed by atoms with van der Waals surface area (Å²) in [6.07, 6.45) is 1.51. The van der Waals surface area contributed by atoms with E-state index in [1.807, 2.05) is 6.26 Å². The largest absolute Gasteiger partial charge is 0.481 e. The molecule has 0 saturated heterocycles. The molecule has 0 heterocycles. The maximum Gasteiger partial charge on any atom is 0.326 e. The number of ether oxygens (including phenoxy) is 1. The molecule has 1 rings (SSSR count). The zero-order valence-corrected chi connectivity index (χ0v) is 14.2. The van der Waals surface area contributed by atoms with Crippen molar-refractivity contribution in [3.63, 3.8) is 0 Å². The quantitative estimate of drug-likeness (QED) is 0.729. The zero-order valence-electron chi connectivity index (χ0n) is 11.8. The van der Waals surface area contributed by atoms with Gasteiger partial charge in [0, 0.05) is 4.47 Å². The van der Waals surface area contributed by atoms with Crippen LogP contribution in [0.2, 0.25) is 0 Å². The fraction of sp³-hybridized carbons (Fsp3) is 0.429. The highest BCUT2D eigenvalue weighted by molar-refractivity contribution is 9.10. The molecule has 0 bridgehead atoms. The van der Waals surface area contributed by atoms with Crippen molar-refractivity contribution in [1.82, 2.24) is 5.32 Å². The van der Waals surface area contributed by atoms with Crippen molar-refractivity contribution in [2.45, 2.75) is 25.5 Å². The standard InChI is InChI=1S/C14H18BrNO4S/c1-9(20-11-5-3-10(15)4-6-11)13(17)16-12(14(18)19)7-8-21-2/h3-6,9,12H,7-8H2,1-2H3,(H,16,17)(H,18,19)/t9?,12-/m0/s1. The molecule has 1 amide bonds. The van der Waals surface area contributed by atoms with Crippen LogP contribution in [0.1, 0.15) is 13.3 Å². The van der Waals surface area contributed by atoms with E-state index >= 15 is 0 Å². The highest BCUT2D eigenvalue weighted by atomic mass is 79.9. The van der Waals surface area contributed by atoms with Gasteiger partial charge in [-0.15, -0.1) is 0 Å². The van der Waals surface area contributed by atoms with Gasteiger partial charge in [0.1, 0.15) is 11.8 Å². The number of benzene rings is 1. The average Bonchev–Trinajstić information content (AvgIpc) is 2.45. The number of halogens is 1. The summed E-state index contributed by atoms with van der Waals surface area (Å²) >= 11 is 4.85. The van der Waals surface area contributed by atoms with Crippen LogP contribution >= 0.6 is 27.7 Å². The first-order valence-corrected chi connectivity index (χ1v) is 8.57. The number of hydrogen-bond acceptors (Lipinski definition) is 4. The van der Waals surface area contributed by atoms with Gasteiger partial charge in [-0.2, -0.15) is 11.8 Å². The summed E-state index contributed by atoms with van der Waals surface area (Å²) in [6.45, 7) is 1.59. The van der Waals surface area contributed by atoms with Crippen LogP contribution in [0, 0.1) is 0 Å². The van der Waals surface area contributed by atoms with E-state index in [-0.39, 0.29) is 0 Å². The Labute approximate surface area is 136 Å². The molecule has 0 aliphatic carbocycles. The molecule has 0 spiro atoms. The topological polar surface area (TPSA) is 75.6 Å². The van der Waals surface area contributed by atoms with E-state index in [0.29, 0.717) is 17.9 Å². The Morgan fingerprint density at radius 1 is 1.38 bits per heavy atom. The Bertz CT molecular complexity index is 480. The number of hydrogen-bond donors (Lipinski definition) is 2. The van der Waals surface area contributed by atoms with Crippen molar-refractivity contribution in [3.8, 4) is 5.75 Å². The monoisotopic (exact) mass is 375 g/mol. The minimum absolute atomic E-state index is 0.382. The fourth-order valence-corrected chi connectivity index (χ4v) is 2.29. The molecule has 7 heteroatoms. The van der Waals surface area contributed by atoms with Crippen LogP contribution in [-0.2, 0) is 9.59 Å². The molecule has 0 fully saturated rings. The molecule has 0 aliphatic heterocycles.